The number of esters is 1. The SMILES string of the molecule is O=C(CN1C(=O)/C(=C/c2ccc(C(=O)O)cc2)SC1=S)OC1CCCCC1. The Bertz CT molecular complexity index is 797. The molecule has 1 amide bonds. The molecule has 8 heteroatoms. The standard InChI is InChI=1S/C19H19NO5S2/c21-16(25-14-4-2-1-3-5-14)11-20-17(22)15(27-19(20)26)10-12-6-8-13(9-7-12)18(23)24/h6-10,14H,1-5,11H2,(H,23,24)/b15-10-. The Balaban J connectivity index is 1.63. The molecule has 0 unspecified atom stereocenters. The minimum absolute atomic E-state index is 0.0621. The molecule has 2 fully saturated rings. The molecular weight excluding hydrogens is 386 g/mol. The van der Waals surface area contributed by atoms with Gasteiger partial charge in [-0.3, -0.25) is 14.5 Å². The summed E-state index contributed by atoms with van der Waals surface area (Å²) in [6, 6.07) is 6.17. The number of aromatic carboxylic acids is 1. The molecule has 27 heavy (non-hydrogen) atoms. The number of thiocarbonyl (C=S) groups is 1. The maximum Gasteiger partial charge on any atom is 0.335 e. The van der Waals surface area contributed by atoms with E-state index in [9.17, 15) is 14.4 Å². The van der Waals surface area contributed by atoms with Gasteiger partial charge in [-0.1, -0.05) is 42.5 Å². The summed E-state index contributed by atoms with van der Waals surface area (Å²) in [4.78, 5) is 37.3. The fraction of sp³-hybridized carbons (Fsp3) is 0.368. The van der Waals surface area contributed by atoms with Crippen LogP contribution in [-0.4, -0.2) is 44.8 Å². The zero-order valence-electron chi connectivity index (χ0n) is 14.6. The highest BCUT2D eigenvalue weighted by atomic mass is 32.2. The van der Waals surface area contributed by atoms with Crippen molar-refractivity contribution in [3.05, 3.63) is 40.3 Å². The van der Waals surface area contributed by atoms with Crippen LogP contribution < -0.4 is 0 Å². The lowest BCUT2D eigenvalue weighted by molar-refractivity contribution is -0.152. The van der Waals surface area contributed by atoms with Gasteiger partial charge in [0.2, 0.25) is 0 Å². The summed E-state index contributed by atoms with van der Waals surface area (Å²) in [5.74, 6) is -1.79. The molecule has 0 spiro atoms. The number of ether oxygens (including phenoxy) is 1. The predicted molar refractivity (Wildman–Crippen MR) is 106 cm³/mol. The monoisotopic (exact) mass is 405 g/mol. The number of benzene rings is 1. The van der Waals surface area contributed by atoms with E-state index in [2.05, 4.69) is 0 Å². The molecule has 1 heterocycles. The number of carboxylic acid groups (broad SMARTS) is 1. The van der Waals surface area contributed by atoms with E-state index in [1.54, 1.807) is 18.2 Å². The average molecular weight is 405 g/mol. The minimum Gasteiger partial charge on any atom is -0.478 e. The second kappa shape index (κ2) is 8.67. The third-order valence-electron chi connectivity index (χ3n) is 4.47. The molecule has 3 rings (SSSR count). The molecule has 0 aromatic heterocycles. The van der Waals surface area contributed by atoms with E-state index in [4.69, 9.17) is 22.1 Å². The smallest absolute Gasteiger partial charge is 0.335 e. The molecule has 1 aliphatic heterocycles. The van der Waals surface area contributed by atoms with Gasteiger partial charge in [-0.05, 0) is 49.5 Å². The molecule has 1 saturated carbocycles. The Kier molecular flexibility index (Phi) is 6.28. The van der Waals surface area contributed by atoms with Crippen molar-refractivity contribution in [1.82, 2.24) is 4.90 Å². The highest BCUT2D eigenvalue weighted by Gasteiger charge is 2.34. The molecule has 1 aliphatic carbocycles. The fourth-order valence-corrected chi connectivity index (χ4v) is 4.30. The van der Waals surface area contributed by atoms with Crippen LogP contribution in [0.3, 0.4) is 0 Å². The lowest BCUT2D eigenvalue weighted by Gasteiger charge is -2.23. The Morgan fingerprint density at radius 1 is 1.22 bits per heavy atom. The van der Waals surface area contributed by atoms with Crippen molar-refractivity contribution >= 4 is 52.2 Å². The first-order chi connectivity index (χ1) is 12.9. The number of rotatable bonds is 5. The molecule has 2 aliphatic rings. The molecule has 0 radical (unpaired) electrons. The third-order valence-corrected chi connectivity index (χ3v) is 5.84. The lowest BCUT2D eigenvalue weighted by Crippen LogP contribution is -2.36. The van der Waals surface area contributed by atoms with Gasteiger partial charge < -0.3 is 9.84 Å². The van der Waals surface area contributed by atoms with Crippen molar-refractivity contribution in [3.63, 3.8) is 0 Å². The Hall–Kier alpha value is -2.19. The van der Waals surface area contributed by atoms with Crippen LogP contribution in [0.25, 0.3) is 6.08 Å². The summed E-state index contributed by atoms with van der Waals surface area (Å²) in [5.41, 5.74) is 0.857. The predicted octanol–water partition coefficient (Wildman–Crippen LogP) is 3.46. The molecule has 0 bridgehead atoms. The normalized spacial score (nSPS) is 19.6. The summed E-state index contributed by atoms with van der Waals surface area (Å²) in [6.07, 6.45) is 6.60. The Labute approximate surface area is 166 Å². The van der Waals surface area contributed by atoms with Crippen LogP contribution in [0.5, 0.6) is 0 Å². The number of nitrogens with zero attached hydrogens (tertiary/aromatic N) is 1. The van der Waals surface area contributed by atoms with Gasteiger partial charge in [-0.25, -0.2) is 4.79 Å². The molecular formula is C19H19NO5S2. The van der Waals surface area contributed by atoms with Gasteiger partial charge in [-0.2, -0.15) is 0 Å². The van der Waals surface area contributed by atoms with E-state index in [1.165, 1.54) is 23.5 Å². The minimum atomic E-state index is -1.01. The van der Waals surface area contributed by atoms with Gasteiger partial charge >= 0.3 is 11.9 Å². The maximum absolute atomic E-state index is 12.6. The van der Waals surface area contributed by atoms with E-state index < -0.39 is 11.9 Å². The summed E-state index contributed by atoms with van der Waals surface area (Å²) in [6.45, 7) is -0.184. The lowest BCUT2D eigenvalue weighted by atomic mass is 9.98. The molecule has 1 aromatic carbocycles. The van der Waals surface area contributed by atoms with E-state index in [0.717, 1.165) is 37.4 Å². The van der Waals surface area contributed by atoms with Gasteiger partial charge in [0.25, 0.3) is 5.91 Å². The van der Waals surface area contributed by atoms with Crippen molar-refractivity contribution in [2.75, 3.05) is 6.54 Å². The fourth-order valence-electron chi connectivity index (χ4n) is 3.04. The number of carbonyl (C=O) groups is 3. The van der Waals surface area contributed by atoms with Crippen molar-refractivity contribution in [2.45, 2.75) is 38.2 Å². The van der Waals surface area contributed by atoms with Crippen molar-refractivity contribution in [3.8, 4) is 0 Å². The second-order valence-electron chi connectivity index (χ2n) is 6.44. The number of hydrogen-bond acceptors (Lipinski definition) is 6. The summed E-state index contributed by atoms with van der Waals surface area (Å²) < 4.78 is 5.78. The molecule has 1 aromatic rings. The summed E-state index contributed by atoms with van der Waals surface area (Å²) in [7, 11) is 0. The van der Waals surface area contributed by atoms with Crippen molar-refractivity contribution in [2.24, 2.45) is 0 Å². The first kappa shape index (κ1) is 19.6. The number of hydrogen-bond donors (Lipinski definition) is 1. The number of thioether (sulfide) groups is 1. The van der Waals surface area contributed by atoms with Crippen LogP contribution in [-0.2, 0) is 14.3 Å². The molecule has 1 N–H and O–H groups in total. The Morgan fingerprint density at radius 2 is 1.89 bits per heavy atom. The molecule has 6 nitrogen and oxygen atoms in total. The largest absolute Gasteiger partial charge is 0.478 e. The molecule has 142 valence electrons. The van der Waals surface area contributed by atoms with Gasteiger partial charge in [-0.15, -0.1) is 0 Å². The van der Waals surface area contributed by atoms with E-state index in [-0.39, 0.29) is 24.1 Å². The third kappa shape index (κ3) is 4.95. The maximum atomic E-state index is 12.6. The van der Waals surface area contributed by atoms with Crippen LogP contribution in [0.15, 0.2) is 29.2 Å². The number of carboxylic acids is 1. The first-order valence-corrected chi connectivity index (χ1v) is 9.95. The highest BCUT2D eigenvalue weighted by Crippen LogP contribution is 2.32. The molecule has 1 saturated heterocycles. The first-order valence-electron chi connectivity index (χ1n) is 8.72. The highest BCUT2D eigenvalue weighted by molar-refractivity contribution is 8.26. The van der Waals surface area contributed by atoms with Gasteiger partial charge in [0.05, 0.1) is 10.5 Å². The van der Waals surface area contributed by atoms with Crippen LogP contribution in [0.2, 0.25) is 0 Å². The van der Waals surface area contributed by atoms with Gasteiger partial charge in [0.15, 0.2) is 0 Å². The van der Waals surface area contributed by atoms with Crippen LogP contribution in [0.1, 0.15) is 48.0 Å². The van der Waals surface area contributed by atoms with Crippen LogP contribution >= 0.6 is 24.0 Å². The van der Waals surface area contributed by atoms with E-state index >= 15 is 0 Å². The van der Waals surface area contributed by atoms with Gasteiger partial charge in [0, 0.05) is 0 Å². The quantitative estimate of drug-likeness (QED) is 0.456. The summed E-state index contributed by atoms with van der Waals surface area (Å²) >= 11 is 6.35. The number of amides is 1. The van der Waals surface area contributed by atoms with E-state index in [1.807, 2.05) is 0 Å². The average Bonchev–Trinajstić information content (AvgIpc) is 2.90. The number of carbonyl (C=O) groups excluding carboxylic acids is 2. The van der Waals surface area contributed by atoms with Crippen LogP contribution in [0.4, 0.5) is 0 Å². The zero-order valence-corrected chi connectivity index (χ0v) is 16.2. The van der Waals surface area contributed by atoms with E-state index in [0.29, 0.717) is 14.8 Å². The van der Waals surface area contributed by atoms with Crippen LogP contribution in [0, 0.1) is 0 Å². The Morgan fingerprint density at radius 3 is 2.52 bits per heavy atom. The summed E-state index contributed by atoms with van der Waals surface area (Å²) in [5, 5.41) is 8.93. The van der Waals surface area contributed by atoms with Crippen molar-refractivity contribution in [1.29, 1.82) is 0 Å². The second-order valence-corrected chi connectivity index (χ2v) is 8.12. The van der Waals surface area contributed by atoms with Gasteiger partial charge in [0.1, 0.15) is 17.0 Å². The zero-order chi connectivity index (χ0) is 19.4. The topological polar surface area (TPSA) is 83.9 Å². The van der Waals surface area contributed by atoms with Crippen molar-refractivity contribution < 1.29 is 24.2 Å². The molecule has 0 atom stereocenters.